The standard InChI is InChI=1S/C15H26O3/c1-4-11(2)14(16)18-10-17-9-15(3)8-12-5-6-13(15)7-12/h11-13H,4-10H2,1-3H3. The Labute approximate surface area is 110 Å². The van der Waals surface area contributed by atoms with Gasteiger partial charge in [-0.15, -0.1) is 0 Å². The lowest BCUT2D eigenvalue weighted by Gasteiger charge is -2.33. The Bertz CT molecular complexity index is 302. The van der Waals surface area contributed by atoms with E-state index in [-0.39, 0.29) is 18.7 Å². The molecule has 0 heterocycles. The summed E-state index contributed by atoms with van der Waals surface area (Å²) in [4.78, 5) is 11.5. The largest absolute Gasteiger partial charge is 0.438 e. The number of rotatable bonds is 6. The number of ether oxygens (including phenoxy) is 2. The molecule has 4 atom stereocenters. The molecule has 18 heavy (non-hydrogen) atoms. The van der Waals surface area contributed by atoms with Gasteiger partial charge in [0.25, 0.3) is 0 Å². The average Bonchev–Trinajstić information content (AvgIpc) is 2.93. The lowest BCUT2D eigenvalue weighted by atomic mass is 9.75. The molecule has 3 nitrogen and oxygen atoms in total. The number of hydrogen-bond donors (Lipinski definition) is 0. The molecule has 0 N–H and O–H groups in total. The van der Waals surface area contributed by atoms with Crippen LogP contribution in [0, 0.1) is 23.2 Å². The maximum atomic E-state index is 11.5. The van der Waals surface area contributed by atoms with Crippen LogP contribution in [-0.4, -0.2) is 19.4 Å². The fraction of sp³-hybridized carbons (Fsp3) is 0.933. The van der Waals surface area contributed by atoms with Crippen LogP contribution in [0.5, 0.6) is 0 Å². The van der Waals surface area contributed by atoms with E-state index in [9.17, 15) is 4.79 Å². The van der Waals surface area contributed by atoms with Crippen LogP contribution in [0.25, 0.3) is 0 Å². The molecular weight excluding hydrogens is 228 g/mol. The first-order valence-corrected chi connectivity index (χ1v) is 7.29. The molecule has 2 aliphatic rings. The zero-order chi connectivity index (χ0) is 13.2. The maximum absolute atomic E-state index is 11.5. The minimum absolute atomic E-state index is 0.0216. The summed E-state index contributed by atoms with van der Waals surface area (Å²) in [6.45, 7) is 7.06. The number of carbonyl (C=O) groups is 1. The molecule has 0 radical (unpaired) electrons. The van der Waals surface area contributed by atoms with Gasteiger partial charge in [-0.1, -0.05) is 27.2 Å². The SMILES string of the molecule is CCC(C)C(=O)OCOCC1(C)CC2CCC1C2. The van der Waals surface area contributed by atoms with E-state index in [1.807, 2.05) is 13.8 Å². The van der Waals surface area contributed by atoms with Gasteiger partial charge in [-0.05, 0) is 42.9 Å². The van der Waals surface area contributed by atoms with Crippen molar-refractivity contribution in [1.82, 2.24) is 0 Å². The lowest BCUT2D eigenvalue weighted by molar-refractivity contribution is -0.164. The van der Waals surface area contributed by atoms with Gasteiger partial charge >= 0.3 is 5.97 Å². The minimum Gasteiger partial charge on any atom is -0.438 e. The van der Waals surface area contributed by atoms with E-state index in [4.69, 9.17) is 9.47 Å². The number of hydrogen-bond acceptors (Lipinski definition) is 3. The predicted octanol–water partition coefficient (Wildman–Crippen LogP) is 3.38. The van der Waals surface area contributed by atoms with Crippen molar-refractivity contribution in [1.29, 1.82) is 0 Å². The van der Waals surface area contributed by atoms with E-state index in [1.54, 1.807) is 0 Å². The molecule has 0 aromatic carbocycles. The molecule has 0 aliphatic heterocycles. The third kappa shape index (κ3) is 2.87. The number of fused-ring (bicyclic) bond motifs is 2. The van der Waals surface area contributed by atoms with E-state index >= 15 is 0 Å². The molecule has 0 saturated heterocycles. The molecule has 104 valence electrons. The highest BCUT2D eigenvalue weighted by Crippen LogP contribution is 2.55. The highest BCUT2D eigenvalue weighted by molar-refractivity contribution is 5.71. The Balaban J connectivity index is 1.65. The third-order valence-corrected chi connectivity index (χ3v) is 5.01. The van der Waals surface area contributed by atoms with Crippen molar-refractivity contribution in [3.05, 3.63) is 0 Å². The lowest BCUT2D eigenvalue weighted by Crippen LogP contribution is -2.30. The van der Waals surface area contributed by atoms with Gasteiger partial charge in [-0.25, -0.2) is 0 Å². The van der Waals surface area contributed by atoms with Crippen LogP contribution in [0.2, 0.25) is 0 Å². The van der Waals surface area contributed by atoms with Crippen molar-refractivity contribution < 1.29 is 14.3 Å². The summed E-state index contributed by atoms with van der Waals surface area (Å²) in [5.41, 5.74) is 0.325. The van der Waals surface area contributed by atoms with Crippen LogP contribution < -0.4 is 0 Å². The zero-order valence-electron chi connectivity index (χ0n) is 11.9. The van der Waals surface area contributed by atoms with Crippen LogP contribution in [0.4, 0.5) is 0 Å². The molecular formula is C15H26O3. The summed E-state index contributed by atoms with van der Waals surface area (Å²) in [6, 6.07) is 0. The van der Waals surface area contributed by atoms with Gasteiger partial charge < -0.3 is 9.47 Å². The summed E-state index contributed by atoms with van der Waals surface area (Å²) < 4.78 is 10.7. The fourth-order valence-corrected chi connectivity index (χ4v) is 3.58. The molecule has 0 aromatic heterocycles. The third-order valence-electron chi connectivity index (χ3n) is 5.01. The van der Waals surface area contributed by atoms with Gasteiger partial charge in [-0.2, -0.15) is 0 Å². The fourth-order valence-electron chi connectivity index (χ4n) is 3.58. The van der Waals surface area contributed by atoms with E-state index in [2.05, 4.69) is 6.92 Å². The van der Waals surface area contributed by atoms with E-state index in [1.165, 1.54) is 25.7 Å². The molecule has 2 aliphatic carbocycles. The average molecular weight is 254 g/mol. The van der Waals surface area contributed by atoms with Gasteiger partial charge in [-0.3, -0.25) is 4.79 Å². The van der Waals surface area contributed by atoms with E-state index in [0.29, 0.717) is 5.41 Å². The summed E-state index contributed by atoms with van der Waals surface area (Å²) in [5, 5.41) is 0. The maximum Gasteiger partial charge on any atom is 0.310 e. The summed E-state index contributed by atoms with van der Waals surface area (Å²) >= 11 is 0. The molecule has 0 amide bonds. The van der Waals surface area contributed by atoms with Gasteiger partial charge in [0, 0.05) is 0 Å². The van der Waals surface area contributed by atoms with Crippen LogP contribution in [-0.2, 0) is 14.3 Å². The summed E-state index contributed by atoms with van der Waals surface area (Å²) in [6.07, 6.45) is 6.25. The second-order valence-electron chi connectivity index (χ2n) is 6.47. The molecule has 3 heteroatoms. The highest BCUT2D eigenvalue weighted by Gasteiger charge is 2.47. The predicted molar refractivity (Wildman–Crippen MR) is 69.9 cm³/mol. The molecule has 2 bridgehead atoms. The summed E-state index contributed by atoms with van der Waals surface area (Å²) in [5.74, 6) is 1.58. The zero-order valence-corrected chi connectivity index (χ0v) is 11.9. The Morgan fingerprint density at radius 1 is 1.44 bits per heavy atom. The van der Waals surface area contributed by atoms with Crippen molar-refractivity contribution in [2.75, 3.05) is 13.4 Å². The monoisotopic (exact) mass is 254 g/mol. The van der Waals surface area contributed by atoms with Gasteiger partial charge in [0.15, 0.2) is 6.79 Å². The smallest absolute Gasteiger partial charge is 0.310 e. The van der Waals surface area contributed by atoms with Gasteiger partial charge in [0.1, 0.15) is 0 Å². The molecule has 2 rings (SSSR count). The van der Waals surface area contributed by atoms with Crippen molar-refractivity contribution >= 4 is 5.97 Å². The van der Waals surface area contributed by atoms with Crippen LogP contribution >= 0.6 is 0 Å². The van der Waals surface area contributed by atoms with E-state index < -0.39 is 0 Å². The molecule has 4 unspecified atom stereocenters. The highest BCUT2D eigenvalue weighted by atomic mass is 16.7. The Hall–Kier alpha value is -0.570. The van der Waals surface area contributed by atoms with Crippen molar-refractivity contribution in [2.24, 2.45) is 23.2 Å². The number of carbonyl (C=O) groups excluding carboxylic acids is 1. The van der Waals surface area contributed by atoms with E-state index in [0.717, 1.165) is 24.9 Å². The van der Waals surface area contributed by atoms with Crippen LogP contribution in [0.1, 0.15) is 52.9 Å². The second kappa shape index (κ2) is 5.60. The molecule has 2 saturated carbocycles. The molecule has 2 fully saturated rings. The Morgan fingerprint density at radius 3 is 2.78 bits per heavy atom. The van der Waals surface area contributed by atoms with Gasteiger partial charge in [0.2, 0.25) is 0 Å². The molecule has 0 aromatic rings. The first-order chi connectivity index (χ1) is 8.55. The first-order valence-electron chi connectivity index (χ1n) is 7.29. The normalized spacial score (nSPS) is 35.7. The van der Waals surface area contributed by atoms with Crippen molar-refractivity contribution in [2.45, 2.75) is 52.9 Å². The Kier molecular flexibility index (Phi) is 4.31. The Morgan fingerprint density at radius 2 is 2.22 bits per heavy atom. The second-order valence-corrected chi connectivity index (χ2v) is 6.47. The van der Waals surface area contributed by atoms with Crippen LogP contribution in [0.3, 0.4) is 0 Å². The number of esters is 1. The minimum atomic E-state index is -0.143. The van der Waals surface area contributed by atoms with Crippen LogP contribution in [0.15, 0.2) is 0 Å². The summed E-state index contributed by atoms with van der Waals surface area (Å²) in [7, 11) is 0. The van der Waals surface area contributed by atoms with Gasteiger partial charge in [0.05, 0.1) is 12.5 Å². The first kappa shape index (κ1) is 13.9. The quantitative estimate of drug-likeness (QED) is 0.414. The molecule has 0 spiro atoms. The van der Waals surface area contributed by atoms with Crippen molar-refractivity contribution in [3.8, 4) is 0 Å². The van der Waals surface area contributed by atoms with Crippen molar-refractivity contribution in [3.63, 3.8) is 0 Å². The topological polar surface area (TPSA) is 35.5 Å².